The van der Waals surface area contributed by atoms with Crippen molar-refractivity contribution in [2.45, 2.75) is 26.7 Å². The lowest BCUT2D eigenvalue weighted by molar-refractivity contribution is 0.0956. The molecule has 2 aromatic rings. The Labute approximate surface area is 149 Å². The second kappa shape index (κ2) is 8.83. The van der Waals surface area contributed by atoms with E-state index in [1.165, 1.54) is 0 Å². The van der Waals surface area contributed by atoms with E-state index in [0.29, 0.717) is 17.7 Å². The molecule has 2 amide bonds. The first-order chi connectivity index (χ1) is 12.1. The summed E-state index contributed by atoms with van der Waals surface area (Å²) in [6.45, 7) is 8.12. The molecule has 2 N–H and O–H groups in total. The number of carbonyl (C=O) groups excluding carboxylic acids is 2. The summed E-state index contributed by atoms with van der Waals surface area (Å²) in [5.41, 5.74) is 4.17. The highest BCUT2D eigenvalue weighted by Crippen LogP contribution is 2.23. The van der Waals surface area contributed by atoms with Crippen molar-refractivity contribution in [2.24, 2.45) is 0 Å². The monoisotopic (exact) mass is 336 g/mol. The second-order valence-electron chi connectivity index (χ2n) is 5.69. The number of rotatable bonds is 7. The number of aryl methyl sites for hydroxylation is 2. The van der Waals surface area contributed by atoms with Crippen molar-refractivity contribution in [3.8, 4) is 0 Å². The van der Waals surface area contributed by atoms with Gasteiger partial charge >= 0.3 is 0 Å². The zero-order valence-corrected chi connectivity index (χ0v) is 14.8. The van der Waals surface area contributed by atoms with Crippen LogP contribution in [0.4, 0.5) is 5.69 Å². The number of para-hydroxylation sites is 1. The van der Waals surface area contributed by atoms with Gasteiger partial charge in [-0.25, -0.2) is 0 Å². The Morgan fingerprint density at radius 1 is 0.920 bits per heavy atom. The summed E-state index contributed by atoms with van der Waals surface area (Å²) in [7, 11) is 0. The summed E-state index contributed by atoms with van der Waals surface area (Å²) in [5, 5.41) is 5.74. The van der Waals surface area contributed by atoms with Gasteiger partial charge < -0.3 is 10.6 Å². The van der Waals surface area contributed by atoms with E-state index >= 15 is 0 Å². The van der Waals surface area contributed by atoms with Crippen molar-refractivity contribution in [1.29, 1.82) is 0 Å². The van der Waals surface area contributed by atoms with Crippen LogP contribution in [0.2, 0.25) is 0 Å². The van der Waals surface area contributed by atoms with Gasteiger partial charge in [-0.2, -0.15) is 0 Å². The topological polar surface area (TPSA) is 58.2 Å². The van der Waals surface area contributed by atoms with Crippen molar-refractivity contribution >= 4 is 17.5 Å². The van der Waals surface area contributed by atoms with Crippen LogP contribution in [0.5, 0.6) is 0 Å². The molecule has 0 aliphatic heterocycles. The van der Waals surface area contributed by atoms with Crippen LogP contribution in [0.25, 0.3) is 0 Å². The van der Waals surface area contributed by atoms with Crippen molar-refractivity contribution in [3.63, 3.8) is 0 Å². The van der Waals surface area contributed by atoms with Crippen LogP contribution < -0.4 is 10.6 Å². The Balaban J connectivity index is 2.17. The normalized spacial score (nSPS) is 10.2. The maximum Gasteiger partial charge on any atom is 0.255 e. The van der Waals surface area contributed by atoms with Gasteiger partial charge in [-0.15, -0.1) is 6.58 Å². The molecule has 130 valence electrons. The first-order valence-electron chi connectivity index (χ1n) is 8.52. The molecule has 2 rings (SSSR count). The van der Waals surface area contributed by atoms with Crippen LogP contribution in [0.15, 0.2) is 55.1 Å². The number of nitrogens with one attached hydrogen (secondary N) is 2. The third kappa shape index (κ3) is 4.57. The van der Waals surface area contributed by atoms with Gasteiger partial charge in [0.15, 0.2) is 0 Å². The minimum Gasteiger partial charge on any atom is -0.349 e. The third-order valence-electron chi connectivity index (χ3n) is 4.05. The van der Waals surface area contributed by atoms with Crippen LogP contribution in [0, 0.1) is 0 Å². The van der Waals surface area contributed by atoms with Crippen molar-refractivity contribution in [2.75, 3.05) is 11.9 Å². The average molecular weight is 336 g/mol. The Kier molecular flexibility index (Phi) is 6.52. The van der Waals surface area contributed by atoms with Gasteiger partial charge in [0.1, 0.15) is 0 Å². The molecule has 0 saturated heterocycles. The molecular formula is C21H24N2O2. The van der Waals surface area contributed by atoms with Gasteiger partial charge in [0.05, 0.1) is 0 Å². The molecule has 0 saturated carbocycles. The summed E-state index contributed by atoms with van der Waals surface area (Å²) in [5.74, 6) is -0.356. The lowest BCUT2D eigenvalue weighted by Crippen LogP contribution is -2.23. The lowest BCUT2D eigenvalue weighted by atomic mass is 10.0. The number of anilines is 1. The Hall–Kier alpha value is -2.88. The van der Waals surface area contributed by atoms with E-state index in [1.807, 2.05) is 18.2 Å². The molecule has 0 radical (unpaired) electrons. The molecule has 0 unspecified atom stereocenters. The minimum absolute atomic E-state index is 0.173. The van der Waals surface area contributed by atoms with Gasteiger partial charge in [0.2, 0.25) is 0 Å². The number of hydrogen-bond donors (Lipinski definition) is 2. The Morgan fingerprint density at radius 2 is 1.44 bits per heavy atom. The molecule has 0 aromatic heterocycles. The Morgan fingerprint density at radius 3 is 1.92 bits per heavy atom. The van der Waals surface area contributed by atoms with Crippen LogP contribution >= 0.6 is 0 Å². The molecule has 0 fully saturated rings. The maximum absolute atomic E-state index is 12.6. The molecule has 4 heteroatoms. The van der Waals surface area contributed by atoms with Gasteiger partial charge in [-0.1, -0.05) is 38.1 Å². The summed E-state index contributed by atoms with van der Waals surface area (Å²) < 4.78 is 0. The van der Waals surface area contributed by atoms with Gasteiger partial charge in [-0.3, -0.25) is 9.59 Å². The number of carbonyl (C=O) groups is 2. The number of hydrogen-bond acceptors (Lipinski definition) is 2. The molecule has 0 aliphatic rings. The molecule has 0 aliphatic carbocycles. The average Bonchev–Trinajstić information content (AvgIpc) is 2.66. The number of amides is 2. The van der Waals surface area contributed by atoms with E-state index in [4.69, 9.17) is 0 Å². The fourth-order valence-corrected chi connectivity index (χ4v) is 2.63. The van der Waals surface area contributed by atoms with E-state index in [0.717, 1.165) is 29.7 Å². The summed E-state index contributed by atoms with van der Waals surface area (Å²) >= 11 is 0. The second-order valence-corrected chi connectivity index (χ2v) is 5.69. The molecule has 2 aromatic carbocycles. The van der Waals surface area contributed by atoms with Crippen molar-refractivity contribution < 1.29 is 9.59 Å². The number of benzene rings is 2. The summed E-state index contributed by atoms with van der Waals surface area (Å²) in [6, 6.07) is 12.7. The van der Waals surface area contributed by atoms with Gasteiger partial charge in [0, 0.05) is 23.4 Å². The van der Waals surface area contributed by atoms with Crippen LogP contribution in [-0.2, 0) is 12.8 Å². The summed E-state index contributed by atoms with van der Waals surface area (Å²) in [4.78, 5) is 24.5. The van der Waals surface area contributed by atoms with Gasteiger partial charge in [0.25, 0.3) is 11.8 Å². The van der Waals surface area contributed by atoms with Crippen molar-refractivity contribution in [3.05, 3.63) is 77.4 Å². The van der Waals surface area contributed by atoms with E-state index in [9.17, 15) is 9.59 Å². The smallest absolute Gasteiger partial charge is 0.255 e. The SMILES string of the molecule is C=CCNC(=O)c1ccc(C(=O)Nc2c(CC)cccc2CC)cc1. The van der Waals surface area contributed by atoms with Crippen LogP contribution in [0.3, 0.4) is 0 Å². The van der Waals surface area contributed by atoms with Crippen LogP contribution in [0.1, 0.15) is 45.7 Å². The highest BCUT2D eigenvalue weighted by Gasteiger charge is 2.12. The molecular weight excluding hydrogens is 312 g/mol. The maximum atomic E-state index is 12.6. The van der Waals surface area contributed by atoms with Crippen molar-refractivity contribution in [1.82, 2.24) is 5.32 Å². The predicted molar refractivity (Wildman–Crippen MR) is 102 cm³/mol. The van der Waals surface area contributed by atoms with E-state index in [-0.39, 0.29) is 11.8 Å². The van der Waals surface area contributed by atoms with Crippen LogP contribution in [-0.4, -0.2) is 18.4 Å². The molecule has 25 heavy (non-hydrogen) atoms. The largest absolute Gasteiger partial charge is 0.349 e. The fraction of sp³-hybridized carbons (Fsp3) is 0.238. The zero-order valence-electron chi connectivity index (χ0n) is 14.8. The zero-order chi connectivity index (χ0) is 18.2. The quantitative estimate of drug-likeness (QED) is 0.751. The fourth-order valence-electron chi connectivity index (χ4n) is 2.63. The summed E-state index contributed by atoms with van der Waals surface area (Å²) in [6.07, 6.45) is 3.33. The molecule has 0 heterocycles. The lowest BCUT2D eigenvalue weighted by Gasteiger charge is -2.14. The first-order valence-corrected chi connectivity index (χ1v) is 8.52. The Bertz CT molecular complexity index is 742. The van der Waals surface area contributed by atoms with E-state index < -0.39 is 0 Å². The molecule has 0 bridgehead atoms. The van der Waals surface area contributed by atoms with E-state index in [1.54, 1.807) is 30.3 Å². The minimum atomic E-state index is -0.184. The molecule has 4 nitrogen and oxygen atoms in total. The third-order valence-corrected chi connectivity index (χ3v) is 4.05. The molecule has 0 atom stereocenters. The first kappa shape index (κ1) is 18.5. The van der Waals surface area contributed by atoms with Gasteiger partial charge in [-0.05, 0) is 48.2 Å². The predicted octanol–water partition coefficient (Wildman–Crippen LogP) is 3.98. The molecule has 0 spiro atoms. The van der Waals surface area contributed by atoms with E-state index in [2.05, 4.69) is 31.1 Å². The highest BCUT2D eigenvalue weighted by atomic mass is 16.2. The standard InChI is InChI=1S/C21H24N2O2/c1-4-14-22-20(24)17-10-12-18(13-11-17)21(25)23-19-15(5-2)8-7-9-16(19)6-3/h4,7-13H,1,5-6,14H2,2-3H3,(H,22,24)(H,23,25). The highest BCUT2D eigenvalue weighted by molar-refractivity contribution is 6.05.